The fourth-order valence-corrected chi connectivity index (χ4v) is 2.96. The normalized spacial score (nSPS) is 23.9. The first kappa shape index (κ1) is 14.5. The SMILES string of the molecule is CSc1ccc(C(=O)NC2CCCCCC2CO)o1. The Morgan fingerprint density at radius 2 is 2.21 bits per heavy atom. The largest absolute Gasteiger partial charge is 0.445 e. The van der Waals surface area contributed by atoms with Crippen molar-refractivity contribution >= 4 is 17.7 Å². The molecule has 0 aromatic carbocycles. The van der Waals surface area contributed by atoms with Crippen LogP contribution in [0.5, 0.6) is 0 Å². The monoisotopic (exact) mass is 283 g/mol. The molecule has 1 aromatic rings. The van der Waals surface area contributed by atoms with Crippen LogP contribution in [0.2, 0.25) is 0 Å². The number of carbonyl (C=O) groups is 1. The lowest BCUT2D eigenvalue weighted by Crippen LogP contribution is -2.41. The van der Waals surface area contributed by atoms with Crippen LogP contribution in [0, 0.1) is 5.92 Å². The lowest BCUT2D eigenvalue weighted by molar-refractivity contribution is 0.0866. The molecule has 0 bridgehead atoms. The Kier molecular flexibility index (Phi) is 5.34. The molecule has 1 heterocycles. The van der Waals surface area contributed by atoms with E-state index in [1.165, 1.54) is 18.2 Å². The molecule has 1 fully saturated rings. The van der Waals surface area contributed by atoms with Crippen LogP contribution < -0.4 is 5.32 Å². The molecule has 2 unspecified atom stereocenters. The molecular weight excluding hydrogens is 262 g/mol. The number of hydrogen-bond donors (Lipinski definition) is 2. The standard InChI is InChI=1S/C14H21NO3S/c1-19-13-8-7-12(18-13)14(17)15-11-6-4-2-3-5-10(11)9-16/h7-8,10-11,16H,2-6,9H2,1H3,(H,15,17). The fraction of sp³-hybridized carbons (Fsp3) is 0.643. The van der Waals surface area contributed by atoms with Gasteiger partial charge in [0.2, 0.25) is 0 Å². The molecule has 0 saturated heterocycles. The Balaban J connectivity index is 1.99. The van der Waals surface area contributed by atoms with Crippen LogP contribution in [-0.4, -0.2) is 29.9 Å². The van der Waals surface area contributed by atoms with E-state index < -0.39 is 0 Å². The summed E-state index contributed by atoms with van der Waals surface area (Å²) in [6.45, 7) is 0.138. The number of carbonyl (C=O) groups excluding carboxylic acids is 1. The average Bonchev–Trinajstić information content (AvgIpc) is 2.80. The summed E-state index contributed by atoms with van der Waals surface area (Å²) < 4.78 is 5.42. The number of amides is 1. The maximum atomic E-state index is 12.1. The molecule has 1 aliphatic carbocycles. The van der Waals surface area contributed by atoms with Crippen LogP contribution in [0.1, 0.15) is 42.7 Å². The number of furan rings is 1. The Hall–Kier alpha value is -0.940. The number of hydrogen-bond acceptors (Lipinski definition) is 4. The van der Waals surface area contributed by atoms with Crippen molar-refractivity contribution in [3.05, 3.63) is 17.9 Å². The molecule has 106 valence electrons. The topological polar surface area (TPSA) is 62.5 Å². The number of nitrogens with one attached hydrogen (secondary N) is 1. The van der Waals surface area contributed by atoms with Gasteiger partial charge in [0, 0.05) is 18.6 Å². The third-order valence-corrected chi connectivity index (χ3v) is 4.34. The molecule has 2 atom stereocenters. The van der Waals surface area contributed by atoms with Gasteiger partial charge in [-0.15, -0.1) is 0 Å². The van der Waals surface area contributed by atoms with Gasteiger partial charge < -0.3 is 14.8 Å². The molecule has 0 spiro atoms. The Morgan fingerprint density at radius 3 is 2.89 bits per heavy atom. The lowest BCUT2D eigenvalue weighted by atomic mass is 9.95. The van der Waals surface area contributed by atoms with Crippen molar-refractivity contribution in [2.75, 3.05) is 12.9 Å². The Bertz CT molecular complexity index is 419. The highest BCUT2D eigenvalue weighted by Crippen LogP contribution is 2.24. The molecule has 1 amide bonds. The second-order valence-corrected chi connectivity index (χ2v) is 5.79. The maximum absolute atomic E-state index is 12.1. The quantitative estimate of drug-likeness (QED) is 0.659. The van der Waals surface area contributed by atoms with E-state index in [9.17, 15) is 9.90 Å². The first-order valence-electron chi connectivity index (χ1n) is 6.80. The number of aliphatic hydroxyl groups is 1. The van der Waals surface area contributed by atoms with Gasteiger partial charge in [-0.3, -0.25) is 4.79 Å². The van der Waals surface area contributed by atoms with Crippen molar-refractivity contribution in [1.29, 1.82) is 0 Å². The van der Waals surface area contributed by atoms with Gasteiger partial charge in [-0.1, -0.05) is 31.0 Å². The minimum Gasteiger partial charge on any atom is -0.445 e. The van der Waals surface area contributed by atoms with Crippen molar-refractivity contribution < 1.29 is 14.3 Å². The molecule has 19 heavy (non-hydrogen) atoms. The smallest absolute Gasteiger partial charge is 0.287 e. The van der Waals surface area contributed by atoms with Gasteiger partial charge >= 0.3 is 0 Å². The predicted octanol–water partition coefficient (Wildman–Crippen LogP) is 2.67. The summed E-state index contributed by atoms with van der Waals surface area (Å²) in [5.41, 5.74) is 0. The Morgan fingerprint density at radius 1 is 1.42 bits per heavy atom. The second kappa shape index (κ2) is 7.01. The van der Waals surface area contributed by atoms with Crippen LogP contribution in [0.15, 0.2) is 21.6 Å². The first-order chi connectivity index (χ1) is 9.24. The molecule has 2 rings (SSSR count). The minimum absolute atomic E-state index is 0.0582. The predicted molar refractivity (Wildman–Crippen MR) is 75.4 cm³/mol. The summed E-state index contributed by atoms with van der Waals surface area (Å²) in [6, 6.07) is 3.56. The maximum Gasteiger partial charge on any atom is 0.287 e. The molecule has 2 N–H and O–H groups in total. The zero-order valence-electron chi connectivity index (χ0n) is 11.2. The highest BCUT2D eigenvalue weighted by atomic mass is 32.2. The number of thioether (sulfide) groups is 1. The summed E-state index contributed by atoms with van der Waals surface area (Å²) in [5, 5.41) is 13.2. The Labute approximate surface area is 117 Å². The van der Waals surface area contributed by atoms with E-state index in [-0.39, 0.29) is 24.5 Å². The zero-order valence-corrected chi connectivity index (χ0v) is 12.0. The molecule has 1 aromatic heterocycles. The third kappa shape index (κ3) is 3.76. The number of rotatable bonds is 4. The van der Waals surface area contributed by atoms with Gasteiger partial charge in [0.15, 0.2) is 10.9 Å². The number of aliphatic hydroxyl groups excluding tert-OH is 1. The molecule has 5 heteroatoms. The molecule has 1 saturated carbocycles. The minimum atomic E-state index is -0.175. The van der Waals surface area contributed by atoms with Gasteiger partial charge in [0.1, 0.15) is 0 Å². The van der Waals surface area contributed by atoms with Crippen LogP contribution in [-0.2, 0) is 0 Å². The molecular formula is C14H21NO3S. The second-order valence-electron chi connectivity index (χ2n) is 4.98. The van der Waals surface area contributed by atoms with Gasteiger partial charge in [0.25, 0.3) is 5.91 Å². The van der Waals surface area contributed by atoms with E-state index in [0.29, 0.717) is 5.76 Å². The lowest BCUT2D eigenvalue weighted by Gasteiger charge is -2.23. The van der Waals surface area contributed by atoms with Crippen LogP contribution >= 0.6 is 11.8 Å². The highest BCUT2D eigenvalue weighted by Gasteiger charge is 2.25. The van der Waals surface area contributed by atoms with Crippen molar-refractivity contribution in [1.82, 2.24) is 5.32 Å². The first-order valence-corrected chi connectivity index (χ1v) is 8.02. The summed E-state index contributed by atoms with van der Waals surface area (Å²) in [5.74, 6) is 0.345. The highest BCUT2D eigenvalue weighted by molar-refractivity contribution is 7.98. The fourth-order valence-electron chi connectivity index (χ4n) is 2.58. The van der Waals surface area contributed by atoms with Crippen molar-refractivity contribution in [3.8, 4) is 0 Å². The van der Waals surface area contributed by atoms with Gasteiger partial charge in [-0.05, 0) is 31.2 Å². The van der Waals surface area contributed by atoms with Crippen molar-refractivity contribution in [2.24, 2.45) is 5.92 Å². The van der Waals surface area contributed by atoms with E-state index in [0.717, 1.165) is 30.8 Å². The van der Waals surface area contributed by atoms with E-state index in [4.69, 9.17) is 4.42 Å². The van der Waals surface area contributed by atoms with Crippen molar-refractivity contribution in [2.45, 2.75) is 43.2 Å². The average molecular weight is 283 g/mol. The summed E-state index contributed by atoms with van der Waals surface area (Å²) >= 11 is 1.47. The van der Waals surface area contributed by atoms with Crippen LogP contribution in [0.3, 0.4) is 0 Å². The summed E-state index contributed by atoms with van der Waals surface area (Å²) in [4.78, 5) is 12.1. The van der Waals surface area contributed by atoms with Crippen molar-refractivity contribution in [3.63, 3.8) is 0 Å². The van der Waals surface area contributed by atoms with Crippen LogP contribution in [0.25, 0.3) is 0 Å². The van der Waals surface area contributed by atoms with E-state index >= 15 is 0 Å². The molecule has 1 aliphatic rings. The van der Waals surface area contributed by atoms with Gasteiger partial charge in [-0.2, -0.15) is 0 Å². The van der Waals surface area contributed by atoms with Gasteiger partial charge in [0.05, 0.1) is 0 Å². The summed E-state index contributed by atoms with van der Waals surface area (Å²) in [7, 11) is 0. The molecule has 0 radical (unpaired) electrons. The van der Waals surface area contributed by atoms with E-state index in [2.05, 4.69) is 5.32 Å². The van der Waals surface area contributed by atoms with Crippen LogP contribution in [0.4, 0.5) is 0 Å². The molecule has 4 nitrogen and oxygen atoms in total. The van der Waals surface area contributed by atoms with E-state index in [1.54, 1.807) is 12.1 Å². The zero-order chi connectivity index (χ0) is 13.7. The third-order valence-electron chi connectivity index (χ3n) is 3.72. The van der Waals surface area contributed by atoms with E-state index in [1.807, 2.05) is 6.26 Å². The summed E-state index contributed by atoms with van der Waals surface area (Å²) in [6.07, 6.45) is 7.25. The molecule has 0 aliphatic heterocycles. The van der Waals surface area contributed by atoms with Gasteiger partial charge in [-0.25, -0.2) is 0 Å².